The number of rotatable bonds is 7. The highest BCUT2D eigenvalue weighted by atomic mass is 16.1. The van der Waals surface area contributed by atoms with Crippen molar-refractivity contribution in [1.29, 1.82) is 0 Å². The summed E-state index contributed by atoms with van der Waals surface area (Å²) in [6, 6.07) is 19.4. The van der Waals surface area contributed by atoms with E-state index in [9.17, 15) is 4.79 Å². The Hall–Kier alpha value is -2.17. The van der Waals surface area contributed by atoms with Crippen LogP contribution in [-0.2, 0) is 17.8 Å². The average Bonchev–Trinajstić information content (AvgIpc) is 2.96. The number of carbonyl (C=O) groups is 1. The van der Waals surface area contributed by atoms with Crippen LogP contribution < -0.4 is 10.6 Å². The molecular formula is C22H29N3O. The Morgan fingerprint density at radius 2 is 1.77 bits per heavy atom. The second kappa shape index (κ2) is 8.97. The molecule has 0 saturated carbocycles. The first-order valence-corrected chi connectivity index (χ1v) is 9.46. The van der Waals surface area contributed by atoms with Crippen LogP contribution in [0.1, 0.15) is 25.0 Å². The van der Waals surface area contributed by atoms with Crippen molar-refractivity contribution in [3.8, 4) is 0 Å². The van der Waals surface area contributed by atoms with E-state index in [0.717, 1.165) is 38.3 Å². The minimum absolute atomic E-state index is 0.0327. The smallest absolute Gasteiger partial charge is 0.221 e. The Morgan fingerprint density at radius 1 is 1.04 bits per heavy atom. The summed E-state index contributed by atoms with van der Waals surface area (Å²) in [4.78, 5) is 13.6. The largest absolute Gasteiger partial charge is 0.326 e. The number of likely N-dealkylation sites (tertiary alicyclic amines) is 1. The van der Waals surface area contributed by atoms with Gasteiger partial charge in [-0.25, -0.2) is 0 Å². The number of nitrogens with one attached hydrogen (secondary N) is 2. The molecule has 26 heavy (non-hydrogen) atoms. The summed E-state index contributed by atoms with van der Waals surface area (Å²) in [7, 11) is 0. The van der Waals surface area contributed by atoms with Crippen LogP contribution in [0.3, 0.4) is 0 Å². The fourth-order valence-electron chi connectivity index (χ4n) is 3.66. The van der Waals surface area contributed by atoms with Gasteiger partial charge in [-0.2, -0.15) is 0 Å². The van der Waals surface area contributed by atoms with Gasteiger partial charge >= 0.3 is 0 Å². The molecule has 0 bridgehead atoms. The molecule has 0 radical (unpaired) electrons. The molecule has 3 rings (SSSR count). The van der Waals surface area contributed by atoms with Crippen molar-refractivity contribution < 1.29 is 4.79 Å². The summed E-state index contributed by atoms with van der Waals surface area (Å²) < 4.78 is 0. The van der Waals surface area contributed by atoms with Gasteiger partial charge in [0, 0.05) is 38.3 Å². The first-order valence-electron chi connectivity index (χ1n) is 9.46. The predicted octanol–water partition coefficient (Wildman–Crippen LogP) is 3.30. The summed E-state index contributed by atoms with van der Waals surface area (Å²) in [5, 5.41) is 6.53. The van der Waals surface area contributed by atoms with E-state index in [1.165, 1.54) is 18.1 Å². The lowest BCUT2D eigenvalue weighted by molar-refractivity contribution is -0.114. The highest BCUT2D eigenvalue weighted by Crippen LogP contribution is 2.19. The Labute approximate surface area is 156 Å². The Morgan fingerprint density at radius 3 is 2.46 bits per heavy atom. The summed E-state index contributed by atoms with van der Waals surface area (Å²) >= 11 is 0. The third kappa shape index (κ3) is 5.41. The van der Waals surface area contributed by atoms with Gasteiger partial charge in [0.2, 0.25) is 5.91 Å². The molecule has 1 heterocycles. The molecule has 2 atom stereocenters. The van der Waals surface area contributed by atoms with Crippen molar-refractivity contribution in [2.75, 3.05) is 25.0 Å². The van der Waals surface area contributed by atoms with E-state index in [-0.39, 0.29) is 5.91 Å². The summed E-state index contributed by atoms with van der Waals surface area (Å²) in [5.41, 5.74) is 3.54. The van der Waals surface area contributed by atoms with Crippen molar-refractivity contribution in [1.82, 2.24) is 10.2 Å². The molecular weight excluding hydrogens is 322 g/mol. The van der Waals surface area contributed by atoms with Gasteiger partial charge in [0.1, 0.15) is 0 Å². The Balaban J connectivity index is 1.42. The maximum absolute atomic E-state index is 11.1. The third-order valence-electron chi connectivity index (χ3n) is 5.03. The molecule has 2 aromatic rings. The molecule has 0 aliphatic carbocycles. The SMILES string of the molecule is CC(=O)Nc1ccc(CCNC2CN(Cc3ccccc3)CC2C)cc1. The van der Waals surface area contributed by atoms with Crippen LogP contribution in [0.15, 0.2) is 54.6 Å². The van der Waals surface area contributed by atoms with Gasteiger partial charge in [-0.05, 0) is 42.1 Å². The van der Waals surface area contributed by atoms with Crippen molar-refractivity contribution in [3.63, 3.8) is 0 Å². The zero-order chi connectivity index (χ0) is 18.4. The number of carbonyl (C=O) groups excluding carboxylic acids is 1. The van der Waals surface area contributed by atoms with Crippen molar-refractivity contribution in [2.24, 2.45) is 5.92 Å². The minimum atomic E-state index is -0.0327. The van der Waals surface area contributed by atoms with E-state index in [1.54, 1.807) is 0 Å². The lowest BCUT2D eigenvalue weighted by atomic mass is 10.1. The van der Waals surface area contributed by atoms with Gasteiger partial charge in [-0.1, -0.05) is 49.4 Å². The highest BCUT2D eigenvalue weighted by molar-refractivity contribution is 5.88. The second-order valence-corrected chi connectivity index (χ2v) is 7.35. The van der Waals surface area contributed by atoms with Crippen molar-refractivity contribution in [2.45, 2.75) is 32.9 Å². The fraction of sp³-hybridized carbons (Fsp3) is 0.409. The van der Waals surface area contributed by atoms with Crippen LogP contribution >= 0.6 is 0 Å². The summed E-state index contributed by atoms with van der Waals surface area (Å²) in [5.74, 6) is 0.635. The van der Waals surface area contributed by atoms with Gasteiger partial charge in [0.05, 0.1) is 0 Å². The normalized spacial score (nSPS) is 20.2. The molecule has 0 spiro atoms. The standard InChI is InChI=1S/C22H29N3O/c1-17-14-25(15-20-6-4-3-5-7-20)16-22(17)23-13-12-19-8-10-21(11-9-19)24-18(2)26/h3-11,17,22-23H,12-16H2,1-2H3,(H,24,26). The first kappa shape index (κ1) is 18.6. The van der Waals surface area contributed by atoms with E-state index >= 15 is 0 Å². The quantitative estimate of drug-likeness (QED) is 0.804. The van der Waals surface area contributed by atoms with E-state index < -0.39 is 0 Å². The van der Waals surface area contributed by atoms with Gasteiger partial charge in [-0.3, -0.25) is 9.69 Å². The summed E-state index contributed by atoms with van der Waals surface area (Å²) in [6.45, 7) is 8.14. The molecule has 4 heteroatoms. The maximum Gasteiger partial charge on any atom is 0.221 e. The van der Waals surface area contributed by atoms with E-state index in [2.05, 4.69) is 64.9 Å². The number of nitrogens with zero attached hydrogens (tertiary/aromatic N) is 1. The number of amides is 1. The van der Waals surface area contributed by atoms with Crippen LogP contribution in [0.25, 0.3) is 0 Å². The van der Waals surface area contributed by atoms with E-state index in [4.69, 9.17) is 0 Å². The molecule has 1 saturated heterocycles. The topological polar surface area (TPSA) is 44.4 Å². The molecule has 1 fully saturated rings. The minimum Gasteiger partial charge on any atom is -0.326 e. The molecule has 1 aliphatic heterocycles. The summed E-state index contributed by atoms with van der Waals surface area (Å²) in [6.07, 6.45) is 1.00. The Bertz CT molecular complexity index is 699. The lowest BCUT2D eigenvalue weighted by Gasteiger charge is -2.17. The van der Waals surface area contributed by atoms with Crippen LogP contribution in [0.5, 0.6) is 0 Å². The predicted molar refractivity (Wildman–Crippen MR) is 107 cm³/mol. The molecule has 1 aliphatic rings. The molecule has 2 aromatic carbocycles. The molecule has 4 nitrogen and oxygen atoms in total. The second-order valence-electron chi connectivity index (χ2n) is 7.35. The molecule has 2 N–H and O–H groups in total. The maximum atomic E-state index is 11.1. The lowest BCUT2D eigenvalue weighted by Crippen LogP contribution is -2.36. The van der Waals surface area contributed by atoms with Crippen LogP contribution in [0.2, 0.25) is 0 Å². The number of hydrogen-bond donors (Lipinski definition) is 2. The van der Waals surface area contributed by atoms with Gasteiger partial charge in [0.25, 0.3) is 0 Å². The molecule has 0 aromatic heterocycles. The fourth-order valence-corrected chi connectivity index (χ4v) is 3.66. The number of anilines is 1. The van der Waals surface area contributed by atoms with Crippen molar-refractivity contribution in [3.05, 3.63) is 65.7 Å². The molecule has 1 amide bonds. The average molecular weight is 351 g/mol. The van der Waals surface area contributed by atoms with Crippen LogP contribution in [0, 0.1) is 5.92 Å². The molecule has 138 valence electrons. The Kier molecular flexibility index (Phi) is 6.42. The monoisotopic (exact) mass is 351 g/mol. The van der Waals surface area contributed by atoms with Gasteiger partial charge in [0.15, 0.2) is 0 Å². The van der Waals surface area contributed by atoms with Crippen LogP contribution in [-0.4, -0.2) is 36.5 Å². The number of hydrogen-bond acceptors (Lipinski definition) is 3. The van der Waals surface area contributed by atoms with Gasteiger partial charge in [-0.15, -0.1) is 0 Å². The van der Waals surface area contributed by atoms with E-state index in [1.807, 2.05) is 12.1 Å². The highest BCUT2D eigenvalue weighted by Gasteiger charge is 2.28. The zero-order valence-electron chi connectivity index (χ0n) is 15.7. The number of benzene rings is 2. The van der Waals surface area contributed by atoms with E-state index in [0.29, 0.717) is 12.0 Å². The van der Waals surface area contributed by atoms with Crippen LogP contribution in [0.4, 0.5) is 5.69 Å². The zero-order valence-corrected chi connectivity index (χ0v) is 15.7. The first-order chi connectivity index (χ1) is 12.6. The van der Waals surface area contributed by atoms with Crippen molar-refractivity contribution >= 4 is 11.6 Å². The molecule has 2 unspecified atom stereocenters. The van der Waals surface area contributed by atoms with Gasteiger partial charge < -0.3 is 10.6 Å². The third-order valence-corrected chi connectivity index (χ3v) is 5.03.